The zero-order chi connectivity index (χ0) is 20.0. The van der Waals surface area contributed by atoms with E-state index in [1.165, 1.54) is 18.4 Å². The molecule has 2 bridgehead atoms. The van der Waals surface area contributed by atoms with Crippen molar-refractivity contribution < 1.29 is 27.5 Å². The fourth-order valence-electron chi connectivity index (χ4n) is 4.99. The van der Waals surface area contributed by atoms with E-state index in [1.54, 1.807) is 13.0 Å². The standard InChI is InChI=1S/C19H17F3N2O3S/c1-7-8(5-12(28-7)9-6-13(19(20,21)22)24(2)23-9)14-17(25)15-10-3-4-11(27-10)16(15)18(14)26/h5-6,10-11,14-16H,3-4H2,1-2H3/t10-,11+,14?,15-,16+. The SMILES string of the molecule is Cc1sc(-c2cc(C(F)(F)F)n(C)n2)cc1C1C(=O)[C@@H]2[C@H](C1=O)[C@H]1CC[C@@H]2O1. The molecule has 28 heavy (non-hydrogen) atoms. The van der Waals surface area contributed by atoms with Gasteiger partial charge < -0.3 is 4.74 Å². The lowest BCUT2D eigenvalue weighted by molar-refractivity contribution is -0.143. The number of ketones is 2. The number of hydrogen-bond donors (Lipinski definition) is 0. The third-order valence-corrected chi connectivity index (χ3v) is 7.28. The molecule has 5 atom stereocenters. The highest BCUT2D eigenvalue weighted by Gasteiger charge is 2.63. The molecular formula is C19H17F3N2O3S. The first-order valence-corrected chi connectivity index (χ1v) is 9.93. The Morgan fingerprint density at radius 1 is 1.14 bits per heavy atom. The van der Waals surface area contributed by atoms with E-state index < -0.39 is 17.8 Å². The second-order valence-corrected chi connectivity index (χ2v) is 8.99. The molecule has 5 rings (SSSR count). The number of carbonyl (C=O) groups is 2. The van der Waals surface area contributed by atoms with Gasteiger partial charge in [0.05, 0.1) is 28.9 Å². The van der Waals surface area contributed by atoms with Crippen LogP contribution in [0, 0.1) is 18.8 Å². The molecule has 0 aromatic carbocycles. The molecule has 0 spiro atoms. The molecule has 2 saturated heterocycles. The molecule has 3 aliphatic rings. The molecule has 2 aromatic rings. The van der Waals surface area contributed by atoms with Gasteiger partial charge in [-0.1, -0.05) is 0 Å². The molecule has 0 N–H and O–H groups in total. The molecule has 4 heterocycles. The van der Waals surface area contributed by atoms with E-state index in [0.717, 1.165) is 28.5 Å². The number of thiophene rings is 1. The number of rotatable bonds is 2. The van der Waals surface area contributed by atoms with Gasteiger partial charge in [-0.05, 0) is 37.5 Å². The minimum absolute atomic E-state index is 0.105. The van der Waals surface area contributed by atoms with Gasteiger partial charge in [-0.25, -0.2) is 0 Å². The molecule has 2 aromatic heterocycles. The third-order valence-electron chi connectivity index (χ3n) is 6.19. The predicted octanol–water partition coefficient (Wildman–Crippen LogP) is 3.50. The van der Waals surface area contributed by atoms with Crippen molar-refractivity contribution in [3.8, 4) is 10.6 Å². The molecule has 1 unspecified atom stereocenters. The summed E-state index contributed by atoms with van der Waals surface area (Å²) in [4.78, 5) is 27.3. The molecule has 2 aliphatic heterocycles. The van der Waals surface area contributed by atoms with E-state index in [-0.39, 0.29) is 41.3 Å². The summed E-state index contributed by atoms with van der Waals surface area (Å²) in [5, 5.41) is 3.98. The van der Waals surface area contributed by atoms with Crippen molar-refractivity contribution in [2.75, 3.05) is 0 Å². The maximum absolute atomic E-state index is 13.1. The van der Waals surface area contributed by atoms with Crippen LogP contribution in [0.3, 0.4) is 0 Å². The number of alkyl halides is 3. The van der Waals surface area contributed by atoms with Crippen molar-refractivity contribution in [1.29, 1.82) is 0 Å². The van der Waals surface area contributed by atoms with Gasteiger partial charge in [0.15, 0.2) is 11.6 Å². The number of halogens is 3. The van der Waals surface area contributed by atoms with Crippen LogP contribution in [0.15, 0.2) is 12.1 Å². The van der Waals surface area contributed by atoms with E-state index in [0.29, 0.717) is 10.4 Å². The van der Waals surface area contributed by atoms with Gasteiger partial charge >= 0.3 is 6.18 Å². The summed E-state index contributed by atoms with van der Waals surface area (Å²) in [5.41, 5.74) is -0.0509. The number of carbonyl (C=O) groups excluding carboxylic acids is 2. The molecule has 148 valence electrons. The second-order valence-electron chi connectivity index (χ2n) is 7.74. The van der Waals surface area contributed by atoms with Crippen molar-refractivity contribution >= 4 is 22.9 Å². The Labute approximate surface area is 162 Å². The lowest BCUT2D eigenvalue weighted by Gasteiger charge is -2.16. The number of aromatic nitrogens is 2. The predicted molar refractivity (Wildman–Crippen MR) is 93.9 cm³/mol. The minimum Gasteiger partial charge on any atom is -0.373 e. The molecule has 5 nitrogen and oxygen atoms in total. The zero-order valence-electron chi connectivity index (χ0n) is 15.1. The Balaban J connectivity index is 1.51. The lowest BCUT2D eigenvalue weighted by atomic mass is 9.81. The van der Waals surface area contributed by atoms with Gasteiger partial charge in [0, 0.05) is 11.9 Å². The highest BCUT2D eigenvalue weighted by Crippen LogP contribution is 2.53. The Bertz CT molecular complexity index is 981. The maximum atomic E-state index is 13.1. The first kappa shape index (κ1) is 18.1. The van der Waals surface area contributed by atoms with Gasteiger partial charge in [0.25, 0.3) is 0 Å². The van der Waals surface area contributed by atoms with Gasteiger partial charge in [0.2, 0.25) is 0 Å². The monoisotopic (exact) mass is 410 g/mol. The van der Waals surface area contributed by atoms with Crippen LogP contribution in [0.1, 0.15) is 34.9 Å². The first-order chi connectivity index (χ1) is 13.2. The first-order valence-electron chi connectivity index (χ1n) is 9.11. The highest BCUT2D eigenvalue weighted by molar-refractivity contribution is 7.15. The van der Waals surface area contributed by atoms with Crippen LogP contribution in [0.4, 0.5) is 13.2 Å². The Hall–Kier alpha value is -2.00. The number of hydrogen-bond acceptors (Lipinski definition) is 5. The zero-order valence-corrected chi connectivity index (χ0v) is 15.9. The molecule has 1 saturated carbocycles. The molecule has 3 fully saturated rings. The van der Waals surface area contributed by atoms with E-state index in [2.05, 4.69) is 5.10 Å². The summed E-state index contributed by atoms with van der Waals surface area (Å²) in [6.07, 6.45) is -3.22. The summed E-state index contributed by atoms with van der Waals surface area (Å²) in [7, 11) is 1.24. The Morgan fingerprint density at radius 2 is 1.75 bits per heavy atom. The molecule has 0 radical (unpaired) electrons. The number of aryl methyl sites for hydroxylation is 2. The Morgan fingerprint density at radius 3 is 2.29 bits per heavy atom. The van der Waals surface area contributed by atoms with Crippen molar-refractivity contribution in [2.24, 2.45) is 18.9 Å². The van der Waals surface area contributed by atoms with Crippen LogP contribution in [0.25, 0.3) is 10.6 Å². The van der Waals surface area contributed by atoms with Crippen molar-refractivity contribution in [2.45, 2.75) is 44.1 Å². The summed E-state index contributed by atoms with van der Waals surface area (Å²) in [6.45, 7) is 1.79. The maximum Gasteiger partial charge on any atom is 0.433 e. The number of fused-ring (bicyclic) bond motifs is 5. The van der Waals surface area contributed by atoms with E-state index in [1.807, 2.05) is 0 Å². The summed E-state index contributed by atoms with van der Waals surface area (Å²) in [5.74, 6) is -1.78. The van der Waals surface area contributed by atoms with Gasteiger partial charge in [0.1, 0.15) is 17.3 Å². The summed E-state index contributed by atoms with van der Waals surface area (Å²) >= 11 is 1.26. The van der Waals surface area contributed by atoms with Crippen LogP contribution < -0.4 is 0 Å². The van der Waals surface area contributed by atoms with Gasteiger partial charge in [-0.3, -0.25) is 14.3 Å². The largest absolute Gasteiger partial charge is 0.433 e. The molecule has 1 aliphatic carbocycles. The number of Topliss-reactive ketones (excluding diaryl/α,β-unsaturated/α-hetero) is 2. The van der Waals surface area contributed by atoms with Crippen LogP contribution in [-0.4, -0.2) is 33.6 Å². The smallest absolute Gasteiger partial charge is 0.373 e. The quantitative estimate of drug-likeness (QED) is 0.711. The average molecular weight is 410 g/mol. The highest BCUT2D eigenvalue weighted by atomic mass is 32.1. The normalized spacial score (nSPS) is 31.8. The van der Waals surface area contributed by atoms with Gasteiger partial charge in [-0.2, -0.15) is 18.3 Å². The average Bonchev–Trinajstić information content (AvgIpc) is 3.38. The topological polar surface area (TPSA) is 61.2 Å². The number of nitrogens with zero attached hydrogens (tertiary/aromatic N) is 2. The fourth-order valence-corrected chi connectivity index (χ4v) is 6.01. The Kier molecular flexibility index (Phi) is 3.71. The number of ether oxygens (including phenoxy) is 1. The molecular weight excluding hydrogens is 393 g/mol. The van der Waals surface area contributed by atoms with Crippen molar-refractivity contribution in [3.05, 3.63) is 28.3 Å². The third kappa shape index (κ3) is 2.38. The van der Waals surface area contributed by atoms with Crippen LogP contribution >= 0.6 is 11.3 Å². The van der Waals surface area contributed by atoms with E-state index in [9.17, 15) is 22.8 Å². The van der Waals surface area contributed by atoms with Crippen LogP contribution in [-0.2, 0) is 27.5 Å². The minimum atomic E-state index is -4.50. The molecule has 9 heteroatoms. The second kappa shape index (κ2) is 5.76. The lowest BCUT2D eigenvalue weighted by Crippen LogP contribution is -2.29. The summed E-state index contributed by atoms with van der Waals surface area (Å²) < 4.78 is 45.7. The van der Waals surface area contributed by atoms with Crippen molar-refractivity contribution in [3.63, 3.8) is 0 Å². The van der Waals surface area contributed by atoms with Crippen LogP contribution in [0.5, 0.6) is 0 Å². The van der Waals surface area contributed by atoms with Gasteiger partial charge in [-0.15, -0.1) is 11.3 Å². The van der Waals surface area contributed by atoms with Crippen LogP contribution in [0.2, 0.25) is 0 Å². The molecule has 0 amide bonds. The fraction of sp³-hybridized carbons (Fsp3) is 0.526. The summed E-state index contributed by atoms with van der Waals surface area (Å²) in [6, 6.07) is 2.66. The van der Waals surface area contributed by atoms with Crippen molar-refractivity contribution in [1.82, 2.24) is 9.78 Å². The van der Waals surface area contributed by atoms with E-state index >= 15 is 0 Å². The van der Waals surface area contributed by atoms with E-state index in [4.69, 9.17) is 4.74 Å².